The summed E-state index contributed by atoms with van der Waals surface area (Å²) < 4.78 is 0. The maximum absolute atomic E-state index is 4.93. The molecule has 0 saturated carbocycles. The highest BCUT2D eigenvalue weighted by Crippen LogP contribution is 2.01. The van der Waals surface area contributed by atoms with E-state index in [2.05, 4.69) is 22.4 Å². The summed E-state index contributed by atoms with van der Waals surface area (Å²) in [4.78, 5) is 0. The van der Waals surface area contributed by atoms with Crippen molar-refractivity contribution in [3.63, 3.8) is 0 Å². The third-order valence-corrected chi connectivity index (χ3v) is 2.27. The van der Waals surface area contributed by atoms with E-state index < -0.39 is 0 Å². The molecule has 0 aliphatic carbocycles. The highest BCUT2D eigenvalue weighted by Gasteiger charge is 1.89. The normalized spacial score (nSPS) is 10.0. The maximum atomic E-state index is 4.93. The molecular weight excluding hydrogens is 214 g/mol. The zero-order valence-electron chi connectivity index (χ0n) is 7.56. The third-order valence-electron chi connectivity index (χ3n) is 1.33. The number of hydrazone groups is 1. The van der Waals surface area contributed by atoms with E-state index in [4.69, 9.17) is 12.2 Å². The molecule has 1 heterocycles. The van der Waals surface area contributed by atoms with Crippen LogP contribution in [0.25, 0.3) is 0 Å². The second kappa shape index (κ2) is 6.28. The predicted molar refractivity (Wildman–Crippen MR) is 65.8 cm³/mol. The number of rotatable bonds is 4. The number of nitrogens with one attached hydrogen (secondary N) is 2. The smallest absolute Gasteiger partial charge is 0.187 e. The number of thiophene rings is 1. The Morgan fingerprint density at radius 2 is 2.57 bits per heavy atom. The minimum atomic E-state index is 0.497. The topological polar surface area (TPSA) is 36.4 Å². The minimum Gasteiger partial charge on any atom is -0.358 e. The lowest BCUT2D eigenvalue weighted by atomic mass is 10.4. The molecule has 3 nitrogen and oxygen atoms in total. The Bertz CT molecular complexity index is 317. The Balaban J connectivity index is 2.26. The molecule has 1 rings (SSSR count). The van der Waals surface area contributed by atoms with E-state index in [-0.39, 0.29) is 0 Å². The van der Waals surface area contributed by atoms with Crippen molar-refractivity contribution in [1.82, 2.24) is 10.7 Å². The summed E-state index contributed by atoms with van der Waals surface area (Å²) >= 11 is 6.56. The fourth-order valence-electron chi connectivity index (χ4n) is 0.718. The molecule has 0 bridgehead atoms. The summed E-state index contributed by atoms with van der Waals surface area (Å²) in [6, 6.07) is 1.98. The van der Waals surface area contributed by atoms with Crippen LogP contribution in [0.5, 0.6) is 0 Å². The summed E-state index contributed by atoms with van der Waals surface area (Å²) in [6.45, 7) is 4.21. The van der Waals surface area contributed by atoms with Crippen LogP contribution >= 0.6 is 23.6 Å². The average Bonchev–Trinajstić information content (AvgIpc) is 2.67. The van der Waals surface area contributed by atoms with Crippen LogP contribution in [-0.2, 0) is 0 Å². The maximum Gasteiger partial charge on any atom is 0.187 e. The average molecular weight is 225 g/mol. The van der Waals surface area contributed by atoms with E-state index in [1.54, 1.807) is 23.6 Å². The zero-order valence-corrected chi connectivity index (χ0v) is 9.20. The zero-order chi connectivity index (χ0) is 10.2. The van der Waals surface area contributed by atoms with Gasteiger partial charge < -0.3 is 5.32 Å². The van der Waals surface area contributed by atoms with Gasteiger partial charge in [0, 0.05) is 12.1 Å². The van der Waals surface area contributed by atoms with Gasteiger partial charge >= 0.3 is 0 Å². The first-order valence-corrected chi connectivity index (χ1v) is 5.38. The SMILES string of the molecule is C=CCNC(=S)N/N=C\c1ccsc1. The largest absolute Gasteiger partial charge is 0.358 e. The van der Waals surface area contributed by atoms with Gasteiger partial charge in [-0.2, -0.15) is 16.4 Å². The van der Waals surface area contributed by atoms with Crippen molar-refractivity contribution < 1.29 is 0 Å². The van der Waals surface area contributed by atoms with Gasteiger partial charge in [-0.1, -0.05) is 6.08 Å². The Kier molecular flexibility index (Phi) is 4.88. The van der Waals surface area contributed by atoms with Gasteiger partial charge in [-0.25, -0.2) is 0 Å². The van der Waals surface area contributed by atoms with Crippen LogP contribution in [0.4, 0.5) is 0 Å². The molecule has 2 N–H and O–H groups in total. The molecule has 14 heavy (non-hydrogen) atoms. The van der Waals surface area contributed by atoms with E-state index in [0.717, 1.165) is 5.56 Å². The van der Waals surface area contributed by atoms with Gasteiger partial charge in [0.1, 0.15) is 0 Å². The van der Waals surface area contributed by atoms with Gasteiger partial charge in [0.05, 0.1) is 6.21 Å². The molecule has 0 aliphatic heterocycles. The van der Waals surface area contributed by atoms with Crippen LogP contribution in [0.15, 0.2) is 34.6 Å². The molecule has 0 aromatic carbocycles. The van der Waals surface area contributed by atoms with Gasteiger partial charge in [-0.15, -0.1) is 6.58 Å². The monoisotopic (exact) mass is 225 g/mol. The van der Waals surface area contributed by atoms with Gasteiger partial charge in [0.2, 0.25) is 0 Å². The summed E-state index contributed by atoms with van der Waals surface area (Å²) in [6.07, 6.45) is 3.45. The predicted octanol–water partition coefficient (Wildman–Crippen LogP) is 1.73. The first kappa shape index (κ1) is 10.9. The molecule has 0 atom stereocenters. The Morgan fingerprint density at radius 1 is 1.71 bits per heavy atom. The lowest BCUT2D eigenvalue weighted by Gasteiger charge is -2.02. The van der Waals surface area contributed by atoms with Crippen LogP contribution in [0.2, 0.25) is 0 Å². The summed E-state index contributed by atoms with van der Waals surface area (Å²) in [5, 5.41) is 11.4. The molecule has 0 aliphatic rings. The molecule has 0 amide bonds. The van der Waals surface area contributed by atoms with E-state index in [0.29, 0.717) is 11.7 Å². The first-order valence-electron chi connectivity index (χ1n) is 4.03. The van der Waals surface area contributed by atoms with Gasteiger partial charge in [-0.05, 0) is 29.0 Å². The van der Waals surface area contributed by atoms with Crippen LogP contribution in [0.1, 0.15) is 5.56 Å². The van der Waals surface area contributed by atoms with E-state index in [9.17, 15) is 0 Å². The lowest BCUT2D eigenvalue weighted by molar-refractivity contribution is 0.942. The second-order valence-corrected chi connectivity index (χ2v) is 3.61. The Labute approximate surface area is 92.5 Å². The second-order valence-electron chi connectivity index (χ2n) is 2.43. The van der Waals surface area contributed by atoms with Crippen LogP contribution in [-0.4, -0.2) is 17.9 Å². The van der Waals surface area contributed by atoms with E-state index in [1.807, 2.05) is 16.8 Å². The van der Waals surface area contributed by atoms with Gasteiger partial charge in [0.25, 0.3) is 0 Å². The van der Waals surface area contributed by atoms with E-state index >= 15 is 0 Å². The highest BCUT2D eigenvalue weighted by molar-refractivity contribution is 7.80. The highest BCUT2D eigenvalue weighted by atomic mass is 32.1. The molecule has 1 aromatic rings. The molecule has 0 unspecified atom stereocenters. The molecule has 0 fully saturated rings. The number of hydrogen-bond acceptors (Lipinski definition) is 3. The molecule has 5 heteroatoms. The fourth-order valence-corrected chi connectivity index (χ4v) is 1.47. The van der Waals surface area contributed by atoms with Crippen LogP contribution in [0, 0.1) is 0 Å². The number of hydrogen-bond donors (Lipinski definition) is 2. The van der Waals surface area contributed by atoms with Crippen LogP contribution in [0.3, 0.4) is 0 Å². The first-order chi connectivity index (χ1) is 6.83. The summed E-state index contributed by atoms with van der Waals surface area (Å²) in [5.41, 5.74) is 3.77. The van der Waals surface area contributed by atoms with Gasteiger partial charge in [0.15, 0.2) is 5.11 Å². The lowest BCUT2D eigenvalue weighted by Crippen LogP contribution is -2.31. The van der Waals surface area contributed by atoms with Crippen molar-refractivity contribution in [2.24, 2.45) is 5.10 Å². The standard InChI is InChI=1S/C9H11N3S2/c1-2-4-10-9(13)12-11-6-8-3-5-14-7-8/h2-3,5-7H,1,4H2,(H2,10,12,13)/b11-6-. The van der Waals surface area contributed by atoms with Crippen molar-refractivity contribution in [2.45, 2.75) is 0 Å². The molecule has 74 valence electrons. The molecular formula is C9H11N3S2. The quantitative estimate of drug-likeness (QED) is 0.355. The molecule has 0 radical (unpaired) electrons. The van der Waals surface area contributed by atoms with Crippen molar-refractivity contribution in [2.75, 3.05) is 6.54 Å². The minimum absolute atomic E-state index is 0.497. The van der Waals surface area contributed by atoms with Gasteiger partial charge in [-0.3, -0.25) is 5.43 Å². The van der Waals surface area contributed by atoms with E-state index in [1.165, 1.54) is 0 Å². The number of thiocarbonyl (C=S) groups is 1. The molecule has 1 aromatic heterocycles. The molecule has 0 spiro atoms. The Hall–Kier alpha value is -1.20. The fraction of sp³-hybridized carbons (Fsp3) is 0.111. The van der Waals surface area contributed by atoms with Crippen molar-refractivity contribution in [3.05, 3.63) is 35.0 Å². The third kappa shape index (κ3) is 4.15. The summed E-state index contributed by atoms with van der Waals surface area (Å²) in [5.74, 6) is 0. The Morgan fingerprint density at radius 3 is 3.21 bits per heavy atom. The van der Waals surface area contributed by atoms with Crippen molar-refractivity contribution >= 4 is 34.9 Å². The molecule has 0 saturated heterocycles. The summed E-state index contributed by atoms with van der Waals surface area (Å²) in [7, 11) is 0. The number of nitrogens with zero attached hydrogens (tertiary/aromatic N) is 1. The van der Waals surface area contributed by atoms with Crippen molar-refractivity contribution in [3.8, 4) is 0 Å². The van der Waals surface area contributed by atoms with Crippen molar-refractivity contribution in [1.29, 1.82) is 0 Å². The van der Waals surface area contributed by atoms with Crippen LogP contribution < -0.4 is 10.7 Å².